The highest BCUT2D eigenvalue weighted by atomic mass is 79.9. The van der Waals surface area contributed by atoms with Gasteiger partial charge in [-0.2, -0.15) is 5.10 Å². The van der Waals surface area contributed by atoms with Crippen LogP contribution in [0.2, 0.25) is 0 Å². The van der Waals surface area contributed by atoms with Crippen molar-refractivity contribution in [1.82, 2.24) is 14.8 Å². The summed E-state index contributed by atoms with van der Waals surface area (Å²) in [7, 11) is 3.41. The van der Waals surface area contributed by atoms with E-state index in [1.54, 1.807) is 25.6 Å². The minimum Gasteiger partial charge on any atom is -0.497 e. The lowest BCUT2D eigenvalue weighted by atomic mass is 10.2. The number of hydrogen-bond acceptors (Lipinski definition) is 6. The maximum atomic E-state index is 5.29. The van der Waals surface area contributed by atoms with E-state index >= 15 is 0 Å². The van der Waals surface area contributed by atoms with E-state index in [1.165, 1.54) is 10.4 Å². The first-order valence-electron chi connectivity index (χ1n) is 8.77. The van der Waals surface area contributed by atoms with Crippen LogP contribution >= 0.6 is 27.3 Å². The van der Waals surface area contributed by atoms with Crippen LogP contribution in [0.15, 0.2) is 34.4 Å². The van der Waals surface area contributed by atoms with Crippen LogP contribution in [0.1, 0.15) is 10.4 Å². The number of anilines is 1. The number of benzene rings is 1. The standard InChI is InChI=1S/C19H21BrN4O2S/c1-25-10-9-23-8-7-16-17(21-19(20)27-16)15-12-24(22-18(15)23)11-13-3-5-14(26-2)6-4-13/h3-6,12H,7-11H2,1-2H3. The van der Waals surface area contributed by atoms with Crippen LogP contribution in [-0.4, -0.2) is 48.7 Å². The molecule has 1 aliphatic rings. The zero-order valence-electron chi connectivity index (χ0n) is 15.3. The quantitative estimate of drug-likeness (QED) is 0.573. The fraction of sp³-hybridized carbons (Fsp3) is 0.368. The van der Waals surface area contributed by atoms with Gasteiger partial charge in [-0.25, -0.2) is 4.98 Å². The van der Waals surface area contributed by atoms with Crippen LogP contribution in [0.4, 0.5) is 5.82 Å². The average Bonchev–Trinajstić information content (AvgIpc) is 3.22. The Hall–Kier alpha value is -1.90. The smallest absolute Gasteiger partial charge is 0.160 e. The summed E-state index contributed by atoms with van der Waals surface area (Å²) in [4.78, 5) is 8.31. The van der Waals surface area contributed by atoms with E-state index in [0.29, 0.717) is 13.2 Å². The minimum absolute atomic E-state index is 0.676. The Morgan fingerprint density at radius 3 is 2.78 bits per heavy atom. The molecule has 6 nitrogen and oxygen atoms in total. The molecule has 8 heteroatoms. The van der Waals surface area contributed by atoms with Gasteiger partial charge in [0.2, 0.25) is 0 Å². The van der Waals surface area contributed by atoms with Crippen LogP contribution in [0, 0.1) is 0 Å². The maximum Gasteiger partial charge on any atom is 0.160 e. The molecule has 142 valence electrons. The Morgan fingerprint density at radius 1 is 1.22 bits per heavy atom. The number of thiazole rings is 1. The molecule has 0 N–H and O–H groups in total. The van der Waals surface area contributed by atoms with Gasteiger partial charge in [-0.3, -0.25) is 4.68 Å². The van der Waals surface area contributed by atoms with E-state index < -0.39 is 0 Å². The van der Waals surface area contributed by atoms with Crippen molar-refractivity contribution in [2.75, 3.05) is 38.8 Å². The van der Waals surface area contributed by atoms with E-state index in [1.807, 2.05) is 16.8 Å². The molecule has 3 heterocycles. The molecule has 0 atom stereocenters. The summed E-state index contributed by atoms with van der Waals surface area (Å²) in [5, 5.41) is 4.90. The molecule has 0 bridgehead atoms. The number of halogens is 1. The summed E-state index contributed by atoms with van der Waals surface area (Å²) in [6, 6.07) is 8.09. The van der Waals surface area contributed by atoms with Gasteiger partial charge < -0.3 is 14.4 Å². The van der Waals surface area contributed by atoms with Gasteiger partial charge in [-0.1, -0.05) is 12.1 Å². The molecule has 1 aromatic carbocycles. The average molecular weight is 449 g/mol. The highest BCUT2D eigenvalue weighted by molar-refractivity contribution is 9.11. The van der Waals surface area contributed by atoms with Crippen LogP contribution in [-0.2, 0) is 17.7 Å². The van der Waals surface area contributed by atoms with E-state index in [4.69, 9.17) is 19.6 Å². The van der Waals surface area contributed by atoms with Crippen molar-refractivity contribution >= 4 is 33.1 Å². The van der Waals surface area contributed by atoms with E-state index in [2.05, 4.69) is 39.2 Å². The topological polar surface area (TPSA) is 52.4 Å². The Labute approximate surface area is 170 Å². The maximum absolute atomic E-state index is 5.29. The molecule has 27 heavy (non-hydrogen) atoms. The highest BCUT2D eigenvalue weighted by Crippen LogP contribution is 2.39. The second kappa shape index (κ2) is 8.00. The zero-order valence-corrected chi connectivity index (χ0v) is 17.7. The molecule has 0 fully saturated rings. The van der Waals surface area contributed by atoms with Gasteiger partial charge in [-0.05, 0) is 33.6 Å². The number of methoxy groups -OCH3 is 2. The third-order valence-electron chi connectivity index (χ3n) is 4.65. The molecule has 0 spiro atoms. The monoisotopic (exact) mass is 448 g/mol. The Bertz CT molecular complexity index is 922. The van der Waals surface area contributed by atoms with Crippen molar-refractivity contribution in [1.29, 1.82) is 0 Å². The van der Waals surface area contributed by atoms with Crippen molar-refractivity contribution in [3.05, 3.63) is 44.8 Å². The highest BCUT2D eigenvalue weighted by Gasteiger charge is 2.26. The number of nitrogens with zero attached hydrogens (tertiary/aromatic N) is 4. The second-order valence-electron chi connectivity index (χ2n) is 6.38. The zero-order chi connectivity index (χ0) is 18.8. The van der Waals surface area contributed by atoms with Gasteiger partial charge >= 0.3 is 0 Å². The van der Waals surface area contributed by atoms with Gasteiger partial charge in [-0.15, -0.1) is 11.3 Å². The summed E-state index contributed by atoms with van der Waals surface area (Å²) in [5.41, 5.74) is 3.31. The van der Waals surface area contributed by atoms with Gasteiger partial charge in [0.25, 0.3) is 0 Å². The van der Waals surface area contributed by atoms with Crippen molar-refractivity contribution in [3.63, 3.8) is 0 Å². The van der Waals surface area contributed by atoms with Gasteiger partial charge in [0.05, 0.1) is 31.5 Å². The third kappa shape index (κ3) is 3.88. The molecule has 0 aliphatic carbocycles. The molecule has 0 unspecified atom stereocenters. The first kappa shape index (κ1) is 18.5. The van der Waals surface area contributed by atoms with Crippen molar-refractivity contribution in [3.8, 4) is 17.0 Å². The lowest BCUT2D eigenvalue weighted by Gasteiger charge is -2.21. The minimum atomic E-state index is 0.676. The van der Waals surface area contributed by atoms with Gasteiger partial charge in [0, 0.05) is 37.7 Å². The fourth-order valence-electron chi connectivity index (χ4n) is 3.28. The Kier molecular flexibility index (Phi) is 5.47. The molecule has 0 saturated heterocycles. The van der Waals surface area contributed by atoms with Crippen LogP contribution < -0.4 is 9.64 Å². The van der Waals surface area contributed by atoms with Gasteiger partial charge in [0.15, 0.2) is 9.73 Å². The number of hydrogen-bond donors (Lipinski definition) is 0. The molecule has 0 saturated carbocycles. The lowest BCUT2D eigenvalue weighted by Crippen LogP contribution is -2.29. The predicted octanol–water partition coefficient (Wildman–Crippen LogP) is 3.83. The van der Waals surface area contributed by atoms with Gasteiger partial charge in [0.1, 0.15) is 5.75 Å². The molecule has 0 radical (unpaired) electrons. The van der Waals surface area contributed by atoms with Crippen molar-refractivity contribution < 1.29 is 9.47 Å². The van der Waals surface area contributed by atoms with Crippen molar-refractivity contribution in [2.45, 2.75) is 13.0 Å². The summed E-state index contributed by atoms with van der Waals surface area (Å²) in [6.07, 6.45) is 3.08. The number of aromatic nitrogens is 3. The molecule has 3 aromatic rings. The number of fused-ring (bicyclic) bond motifs is 3. The van der Waals surface area contributed by atoms with E-state index in [9.17, 15) is 0 Å². The third-order valence-corrected chi connectivity index (χ3v) is 6.21. The molecular formula is C19H21BrN4O2S. The molecule has 2 aromatic heterocycles. The normalized spacial score (nSPS) is 13.2. The number of ether oxygens (including phenoxy) is 2. The second-order valence-corrected chi connectivity index (χ2v) is 8.74. The van der Waals surface area contributed by atoms with Crippen LogP contribution in [0.25, 0.3) is 11.3 Å². The first-order valence-corrected chi connectivity index (χ1v) is 10.4. The first-order chi connectivity index (χ1) is 13.2. The number of rotatable bonds is 6. The Morgan fingerprint density at radius 2 is 2.04 bits per heavy atom. The van der Waals surface area contributed by atoms with Crippen LogP contribution in [0.3, 0.4) is 0 Å². The predicted molar refractivity (Wildman–Crippen MR) is 111 cm³/mol. The summed E-state index contributed by atoms with van der Waals surface area (Å²) in [6.45, 7) is 3.11. The van der Waals surface area contributed by atoms with E-state index in [0.717, 1.165) is 46.3 Å². The van der Waals surface area contributed by atoms with E-state index in [-0.39, 0.29) is 0 Å². The van der Waals surface area contributed by atoms with Crippen LogP contribution in [0.5, 0.6) is 5.75 Å². The molecule has 1 aliphatic heterocycles. The van der Waals surface area contributed by atoms with Crippen molar-refractivity contribution in [2.24, 2.45) is 0 Å². The largest absolute Gasteiger partial charge is 0.497 e. The molecular weight excluding hydrogens is 428 g/mol. The molecule has 0 amide bonds. The summed E-state index contributed by atoms with van der Waals surface area (Å²) < 4.78 is 13.5. The molecule has 4 rings (SSSR count). The summed E-state index contributed by atoms with van der Waals surface area (Å²) in [5.74, 6) is 1.84. The fourth-order valence-corrected chi connectivity index (χ4v) is 4.82. The Balaban J connectivity index is 1.68. The summed E-state index contributed by atoms with van der Waals surface area (Å²) >= 11 is 5.24. The lowest BCUT2D eigenvalue weighted by molar-refractivity contribution is 0.205. The SMILES string of the molecule is COCCN1CCc2sc(Br)nc2-c2cn(Cc3ccc(OC)cc3)nc21.